The second-order valence-corrected chi connectivity index (χ2v) is 6.90. The van der Waals surface area contributed by atoms with Gasteiger partial charge in [0.25, 0.3) is 0 Å². The van der Waals surface area contributed by atoms with Gasteiger partial charge in [0.2, 0.25) is 0 Å². The lowest BCUT2D eigenvalue weighted by atomic mass is 9.84. The highest BCUT2D eigenvalue weighted by molar-refractivity contribution is 5.87. The molecule has 1 aromatic rings. The van der Waals surface area contributed by atoms with Crippen LogP contribution < -0.4 is 0 Å². The van der Waals surface area contributed by atoms with Gasteiger partial charge in [-0.2, -0.15) is 0 Å². The van der Waals surface area contributed by atoms with Crippen molar-refractivity contribution in [3.8, 4) is 5.75 Å². The normalized spacial score (nSPS) is 39.5. The molecule has 3 aliphatic rings. The molecule has 0 unspecified atom stereocenters. The van der Waals surface area contributed by atoms with Gasteiger partial charge in [-0.3, -0.25) is 0 Å². The van der Waals surface area contributed by atoms with Crippen LogP contribution in [0.2, 0.25) is 0 Å². The largest absolute Gasteiger partial charge is 0.508 e. The fourth-order valence-corrected chi connectivity index (χ4v) is 4.14. The molecule has 0 radical (unpaired) electrons. The molecular weight excluding hydrogens is 328 g/mol. The van der Waals surface area contributed by atoms with Crippen LogP contribution >= 0.6 is 0 Å². The first kappa shape index (κ1) is 16.5. The maximum atomic E-state index is 12.1. The summed E-state index contributed by atoms with van der Waals surface area (Å²) in [5.74, 6) is -0.859. The summed E-state index contributed by atoms with van der Waals surface area (Å²) < 4.78 is 16.3. The van der Waals surface area contributed by atoms with Crippen molar-refractivity contribution in [2.75, 3.05) is 6.61 Å². The number of carbonyl (C=O) groups excluding carboxylic acids is 1. The third-order valence-corrected chi connectivity index (χ3v) is 5.24. The Morgan fingerprint density at radius 2 is 2.08 bits per heavy atom. The van der Waals surface area contributed by atoms with E-state index in [9.17, 15) is 20.1 Å². The average Bonchev–Trinajstić information content (AvgIpc) is 3.03. The first-order valence-electron chi connectivity index (χ1n) is 8.30. The summed E-state index contributed by atoms with van der Waals surface area (Å²) >= 11 is 0. The van der Waals surface area contributed by atoms with Crippen molar-refractivity contribution in [2.24, 2.45) is 11.8 Å². The van der Waals surface area contributed by atoms with Crippen LogP contribution in [0.4, 0.5) is 0 Å². The average molecular weight is 348 g/mol. The Morgan fingerprint density at radius 1 is 1.32 bits per heavy atom. The van der Waals surface area contributed by atoms with Crippen LogP contribution in [0.3, 0.4) is 0 Å². The summed E-state index contributed by atoms with van der Waals surface area (Å²) in [5.41, 5.74) is -0.326. The fraction of sp³-hybridized carbons (Fsp3) is 0.500. The van der Waals surface area contributed by atoms with Gasteiger partial charge in [0, 0.05) is 30.8 Å². The minimum absolute atomic E-state index is 0.114. The van der Waals surface area contributed by atoms with Crippen molar-refractivity contribution in [1.82, 2.24) is 0 Å². The molecule has 0 amide bonds. The number of rotatable bonds is 3. The van der Waals surface area contributed by atoms with Gasteiger partial charge in [-0.15, -0.1) is 0 Å². The predicted octanol–water partition coefficient (Wildman–Crippen LogP) is 0.779. The minimum Gasteiger partial charge on any atom is -0.508 e. The number of aliphatic hydroxyl groups is 2. The second kappa shape index (κ2) is 6.10. The van der Waals surface area contributed by atoms with E-state index in [2.05, 4.69) is 0 Å². The zero-order valence-electron chi connectivity index (χ0n) is 13.4. The van der Waals surface area contributed by atoms with Crippen LogP contribution in [0, 0.1) is 11.8 Å². The molecule has 2 heterocycles. The molecule has 6 atom stereocenters. The van der Waals surface area contributed by atoms with Crippen LogP contribution in [-0.4, -0.2) is 52.2 Å². The molecule has 25 heavy (non-hydrogen) atoms. The van der Waals surface area contributed by atoms with Gasteiger partial charge < -0.3 is 29.5 Å². The van der Waals surface area contributed by atoms with Crippen molar-refractivity contribution < 1.29 is 34.3 Å². The van der Waals surface area contributed by atoms with Crippen molar-refractivity contribution in [3.05, 3.63) is 35.9 Å². The molecule has 1 aromatic carbocycles. The number of esters is 1. The Morgan fingerprint density at radius 3 is 2.84 bits per heavy atom. The molecule has 1 aliphatic carbocycles. The number of aliphatic hydroxyl groups excluding tert-OH is 1. The smallest absolute Gasteiger partial charge is 0.331 e. The van der Waals surface area contributed by atoms with E-state index in [4.69, 9.17) is 14.2 Å². The van der Waals surface area contributed by atoms with Gasteiger partial charge in [-0.05, 0) is 23.8 Å². The van der Waals surface area contributed by atoms with E-state index in [1.54, 1.807) is 18.2 Å². The summed E-state index contributed by atoms with van der Waals surface area (Å²) in [6.45, 7) is 0.114. The molecule has 7 heteroatoms. The van der Waals surface area contributed by atoms with Gasteiger partial charge in [0.05, 0.1) is 12.2 Å². The Labute approximate surface area is 144 Å². The highest BCUT2D eigenvalue weighted by atomic mass is 16.7. The number of phenolic OH excluding ortho intramolecular Hbond substituents is 1. The minimum atomic E-state index is -1.08. The summed E-state index contributed by atoms with van der Waals surface area (Å²) in [7, 11) is 0. The fourth-order valence-electron chi connectivity index (χ4n) is 4.14. The van der Waals surface area contributed by atoms with E-state index in [-0.39, 0.29) is 30.6 Å². The summed E-state index contributed by atoms with van der Waals surface area (Å²) in [5, 5.41) is 29.8. The van der Waals surface area contributed by atoms with E-state index >= 15 is 0 Å². The zero-order valence-corrected chi connectivity index (χ0v) is 13.4. The molecule has 7 nitrogen and oxygen atoms in total. The third-order valence-electron chi connectivity index (χ3n) is 5.24. The third kappa shape index (κ3) is 3.04. The molecule has 134 valence electrons. The van der Waals surface area contributed by atoms with Crippen LogP contribution in [0.15, 0.2) is 30.3 Å². The van der Waals surface area contributed by atoms with Gasteiger partial charge in [-0.1, -0.05) is 12.1 Å². The predicted molar refractivity (Wildman–Crippen MR) is 85.0 cm³/mol. The van der Waals surface area contributed by atoms with Crippen LogP contribution in [0.25, 0.3) is 6.08 Å². The van der Waals surface area contributed by atoms with Crippen molar-refractivity contribution >= 4 is 12.0 Å². The molecule has 2 aliphatic heterocycles. The SMILES string of the molecule is O=C(/C=C\c1ccc(O)cc1)O[C@@H]1C[C@@]2(O)CO[C@H]3O[C@H](O)C[C@@H]1[C@H]32. The topological polar surface area (TPSA) is 105 Å². The summed E-state index contributed by atoms with van der Waals surface area (Å²) in [4.78, 5) is 12.1. The van der Waals surface area contributed by atoms with Crippen LogP contribution in [0.5, 0.6) is 5.75 Å². The highest BCUT2D eigenvalue weighted by Gasteiger charge is 2.64. The van der Waals surface area contributed by atoms with Gasteiger partial charge in [-0.25, -0.2) is 4.79 Å². The van der Waals surface area contributed by atoms with E-state index in [1.165, 1.54) is 18.2 Å². The molecular formula is C18H20O7. The second-order valence-electron chi connectivity index (χ2n) is 6.90. The van der Waals surface area contributed by atoms with E-state index in [0.29, 0.717) is 6.42 Å². The molecule has 0 bridgehead atoms. The quantitative estimate of drug-likeness (QED) is 0.547. The molecule has 2 saturated heterocycles. The number of aromatic hydroxyl groups is 1. The van der Waals surface area contributed by atoms with Gasteiger partial charge >= 0.3 is 5.97 Å². The maximum absolute atomic E-state index is 12.1. The van der Waals surface area contributed by atoms with Crippen molar-refractivity contribution in [1.29, 1.82) is 0 Å². The summed E-state index contributed by atoms with van der Waals surface area (Å²) in [6, 6.07) is 6.42. The lowest BCUT2D eigenvalue weighted by Crippen LogP contribution is -2.44. The number of carbonyl (C=O) groups is 1. The lowest BCUT2D eigenvalue weighted by molar-refractivity contribution is -0.266. The molecule has 0 aromatic heterocycles. The van der Waals surface area contributed by atoms with Gasteiger partial charge in [0.1, 0.15) is 11.9 Å². The van der Waals surface area contributed by atoms with Crippen molar-refractivity contribution in [3.63, 3.8) is 0 Å². The molecule has 4 rings (SSSR count). The monoisotopic (exact) mass is 348 g/mol. The Bertz CT molecular complexity index is 685. The Kier molecular flexibility index (Phi) is 4.04. The van der Waals surface area contributed by atoms with Crippen LogP contribution in [-0.2, 0) is 19.0 Å². The number of hydrogen-bond acceptors (Lipinski definition) is 7. The van der Waals surface area contributed by atoms with E-state index in [0.717, 1.165) is 5.56 Å². The number of ether oxygens (including phenoxy) is 3. The Hall–Kier alpha value is -1.93. The molecule has 3 N–H and O–H groups in total. The molecule has 3 fully saturated rings. The van der Waals surface area contributed by atoms with E-state index in [1.807, 2.05) is 0 Å². The lowest BCUT2D eigenvalue weighted by Gasteiger charge is -2.35. The number of phenols is 1. The maximum Gasteiger partial charge on any atom is 0.331 e. The summed E-state index contributed by atoms with van der Waals surface area (Å²) in [6.07, 6.45) is 1.35. The van der Waals surface area contributed by atoms with Gasteiger partial charge in [0.15, 0.2) is 12.6 Å². The van der Waals surface area contributed by atoms with E-state index < -0.39 is 30.3 Å². The zero-order chi connectivity index (χ0) is 17.6. The molecule has 0 spiro atoms. The first-order chi connectivity index (χ1) is 11.9. The number of hydrogen-bond donors (Lipinski definition) is 3. The Balaban J connectivity index is 1.44. The standard InChI is InChI=1S/C18H20O7/c19-11-4-1-10(2-5-11)3-6-14(20)24-13-8-18(22)9-23-17-16(18)12(13)7-15(21)25-17/h1-6,12-13,15-17,19,21-22H,7-9H2/b6-3-/t12-,13+,15-,16+,17-,18+/m0/s1. The first-order valence-corrected chi connectivity index (χ1v) is 8.30. The van der Waals surface area contributed by atoms with Crippen molar-refractivity contribution in [2.45, 2.75) is 37.1 Å². The highest BCUT2D eigenvalue weighted by Crippen LogP contribution is 2.53. The molecule has 1 saturated carbocycles. The van der Waals surface area contributed by atoms with Crippen LogP contribution in [0.1, 0.15) is 18.4 Å². The number of benzene rings is 1.